The van der Waals surface area contributed by atoms with E-state index in [1.807, 2.05) is 4.68 Å². The van der Waals surface area contributed by atoms with Gasteiger partial charge in [0, 0.05) is 0 Å². The Labute approximate surface area is 78.7 Å². The van der Waals surface area contributed by atoms with Crippen molar-refractivity contribution in [1.29, 1.82) is 0 Å². The average molecular weight is 196 g/mol. The van der Waals surface area contributed by atoms with E-state index in [9.17, 15) is 0 Å². The second kappa shape index (κ2) is 2.38. The number of rotatable bonds is 1. The van der Waals surface area contributed by atoms with Gasteiger partial charge in [0.05, 0.1) is 6.04 Å². The van der Waals surface area contributed by atoms with Crippen LogP contribution in [0.5, 0.6) is 0 Å². The van der Waals surface area contributed by atoms with Gasteiger partial charge >= 0.3 is 0 Å². The lowest BCUT2D eigenvalue weighted by molar-refractivity contribution is 0.624. The highest BCUT2D eigenvalue weighted by molar-refractivity contribution is 6.33. The summed E-state index contributed by atoms with van der Waals surface area (Å²) in [4.78, 5) is 7.94. The summed E-state index contributed by atoms with van der Waals surface area (Å²) in [5.41, 5.74) is 1.33. The molecular weight excluding hydrogens is 190 g/mol. The Balaban J connectivity index is 2.32. The molecular formula is C7H6ClN5. The van der Waals surface area contributed by atoms with E-state index >= 15 is 0 Å². The third-order valence-corrected chi connectivity index (χ3v) is 2.39. The maximum absolute atomic E-state index is 5.83. The topological polar surface area (TPSA) is 56.5 Å². The zero-order chi connectivity index (χ0) is 8.84. The molecule has 2 aromatic rings. The molecule has 1 saturated carbocycles. The van der Waals surface area contributed by atoms with Crippen LogP contribution in [-0.2, 0) is 0 Å². The van der Waals surface area contributed by atoms with E-state index in [2.05, 4.69) is 20.3 Å². The van der Waals surface area contributed by atoms with Crippen LogP contribution in [0.2, 0.25) is 5.15 Å². The molecule has 5 nitrogen and oxygen atoms in total. The first-order valence-electron chi connectivity index (χ1n) is 4.07. The molecule has 1 fully saturated rings. The lowest BCUT2D eigenvalue weighted by atomic mass is 10.5. The van der Waals surface area contributed by atoms with Gasteiger partial charge in [0.25, 0.3) is 0 Å². The first-order valence-corrected chi connectivity index (χ1v) is 4.45. The summed E-state index contributed by atoms with van der Waals surface area (Å²) < 4.78 is 1.82. The molecule has 13 heavy (non-hydrogen) atoms. The molecule has 0 amide bonds. The third-order valence-electron chi connectivity index (χ3n) is 2.11. The fourth-order valence-electron chi connectivity index (χ4n) is 1.30. The van der Waals surface area contributed by atoms with Crippen molar-refractivity contribution in [1.82, 2.24) is 25.0 Å². The molecule has 1 aliphatic carbocycles. The largest absolute Gasteiger partial charge is 0.224 e. The van der Waals surface area contributed by atoms with Gasteiger partial charge in [-0.25, -0.2) is 14.6 Å². The summed E-state index contributed by atoms with van der Waals surface area (Å²) >= 11 is 5.83. The third kappa shape index (κ3) is 1.00. The van der Waals surface area contributed by atoms with Crippen LogP contribution in [0.3, 0.4) is 0 Å². The predicted molar refractivity (Wildman–Crippen MR) is 46.4 cm³/mol. The molecule has 0 atom stereocenters. The van der Waals surface area contributed by atoms with Crippen molar-refractivity contribution >= 4 is 22.8 Å². The number of aromatic nitrogens is 5. The second-order valence-electron chi connectivity index (χ2n) is 3.10. The van der Waals surface area contributed by atoms with Gasteiger partial charge < -0.3 is 0 Å². The van der Waals surface area contributed by atoms with Gasteiger partial charge in [-0.15, -0.1) is 5.10 Å². The minimum Gasteiger partial charge on any atom is -0.224 e. The molecule has 0 radical (unpaired) electrons. The monoisotopic (exact) mass is 195 g/mol. The fraction of sp³-hybridized carbons (Fsp3) is 0.429. The highest BCUT2D eigenvalue weighted by Gasteiger charge is 2.27. The van der Waals surface area contributed by atoms with Crippen molar-refractivity contribution in [3.8, 4) is 0 Å². The highest BCUT2D eigenvalue weighted by Crippen LogP contribution is 2.35. The SMILES string of the molecule is Clc1ncnc2c1nnn2C1CC1. The summed E-state index contributed by atoms with van der Waals surface area (Å²) in [7, 11) is 0. The zero-order valence-electron chi connectivity index (χ0n) is 6.68. The zero-order valence-corrected chi connectivity index (χ0v) is 7.44. The van der Waals surface area contributed by atoms with Crippen LogP contribution >= 0.6 is 11.6 Å². The van der Waals surface area contributed by atoms with E-state index in [0.29, 0.717) is 16.7 Å². The maximum atomic E-state index is 5.83. The van der Waals surface area contributed by atoms with Crippen molar-refractivity contribution in [3.63, 3.8) is 0 Å². The Morgan fingerprint density at radius 2 is 2.23 bits per heavy atom. The molecule has 66 valence electrons. The van der Waals surface area contributed by atoms with Crippen LogP contribution in [0, 0.1) is 0 Å². The molecule has 0 unspecified atom stereocenters. The van der Waals surface area contributed by atoms with Crippen molar-refractivity contribution in [3.05, 3.63) is 11.5 Å². The van der Waals surface area contributed by atoms with Gasteiger partial charge in [0.2, 0.25) is 0 Å². The Bertz CT molecular complexity index is 461. The average Bonchev–Trinajstić information content (AvgIpc) is 2.87. The molecule has 2 aromatic heterocycles. The maximum Gasteiger partial charge on any atom is 0.183 e. The Morgan fingerprint density at radius 3 is 3.00 bits per heavy atom. The van der Waals surface area contributed by atoms with Gasteiger partial charge in [-0.3, -0.25) is 0 Å². The van der Waals surface area contributed by atoms with Gasteiger partial charge in [0.15, 0.2) is 16.3 Å². The minimum absolute atomic E-state index is 0.372. The van der Waals surface area contributed by atoms with E-state index in [-0.39, 0.29) is 0 Å². The first kappa shape index (κ1) is 7.20. The van der Waals surface area contributed by atoms with Crippen LogP contribution in [-0.4, -0.2) is 25.0 Å². The van der Waals surface area contributed by atoms with E-state index in [1.54, 1.807) is 0 Å². The molecule has 2 heterocycles. The standard InChI is InChI=1S/C7H6ClN5/c8-6-5-7(10-3-9-6)13(12-11-5)4-1-2-4/h3-4H,1-2H2. The lowest BCUT2D eigenvalue weighted by Gasteiger charge is -1.95. The van der Waals surface area contributed by atoms with Crippen LogP contribution in [0.15, 0.2) is 6.33 Å². The molecule has 1 aliphatic rings. The van der Waals surface area contributed by atoms with E-state index in [1.165, 1.54) is 6.33 Å². The van der Waals surface area contributed by atoms with Crippen molar-refractivity contribution in [2.75, 3.05) is 0 Å². The quantitative estimate of drug-likeness (QED) is 0.642. The smallest absolute Gasteiger partial charge is 0.183 e. The second-order valence-corrected chi connectivity index (χ2v) is 3.46. The van der Waals surface area contributed by atoms with Gasteiger partial charge in [-0.2, -0.15) is 0 Å². The van der Waals surface area contributed by atoms with Crippen molar-refractivity contribution in [2.45, 2.75) is 18.9 Å². The van der Waals surface area contributed by atoms with Gasteiger partial charge in [-0.05, 0) is 12.8 Å². The first-order chi connectivity index (χ1) is 6.36. The number of nitrogens with zero attached hydrogens (tertiary/aromatic N) is 5. The summed E-state index contributed by atoms with van der Waals surface area (Å²) in [5.74, 6) is 0. The number of hydrogen-bond donors (Lipinski definition) is 0. The van der Waals surface area contributed by atoms with Crippen LogP contribution < -0.4 is 0 Å². The molecule has 3 rings (SSSR count). The summed E-state index contributed by atoms with van der Waals surface area (Å²) in [6.07, 6.45) is 3.74. The predicted octanol–water partition coefficient (Wildman–Crippen LogP) is 1.21. The summed E-state index contributed by atoms with van der Waals surface area (Å²) in [5, 5.41) is 8.31. The summed E-state index contributed by atoms with van der Waals surface area (Å²) in [6.45, 7) is 0. The fourth-order valence-corrected chi connectivity index (χ4v) is 1.47. The lowest BCUT2D eigenvalue weighted by Crippen LogP contribution is -1.97. The van der Waals surface area contributed by atoms with Crippen LogP contribution in [0.4, 0.5) is 0 Å². The number of hydrogen-bond acceptors (Lipinski definition) is 4. The van der Waals surface area contributed by atoms with Crippen molar-refractivity contribution < 1.29 is 0 Å². The van der Waals surface area contributed by atoms with E-state index in [4.69, 9.17) is 11.6 Å². The van der Waals surface area contributed by atoms with Crippen molar-refractivity contribution in [2.24, 2.45) is 0 Å². The molecule has 6 heteroatoms. The van der Waals surface area contributed by atoms with Gasteiger partial charge in [0.1, 0.15) is 6.33 Å². The molecule has 0 aromatic carbocycles. The van der Waals surface area contributed by atoms with Crippen LogP contribution in [0.1, 0.15) is 18.9 Å². The molecule has 0 bridgehead atoms. The molecule has 0 saturated heterocycles. The summed E-state index contributed by atoms with van der Waals surface area (Å²) in [6, 6.07) is 0.468. The van der Waals surface area contributed by atoms with E-state index < -0.39 is 0 Å². The minimum atomic E-state index is 0.372. The Morgan fingerprint density at radius 1 is 1.38 bits per heavy atom. The Hall–Kier alpha value is -1.23. The number of fused-ring (bicyclic) bond motifs is 1. The normalized spacial score (nSPS) is 16.7. The molecule has 0 spiro atoms. The Kier molecular flexibility index (Phi) is 1.32. The van der Waals surface area contributed by atoms with Gasteiger partial charge in [-0.1, -0.05) is 16.8 Å². The van der Waals surface area contributed by atoms with E-state index in [0.717, 1.165) is 18.5 Å². The molecule has 0 aliphatic heterocycles. The van der Waals surface area contributed by atoms with Crippen LogP contribution in [0.25, 0.3) is 11.2 Å². The number of halogens is 1. The molecule has 0 N–H and O–H groups in total. The highest BCUT2D eigenvalue weighted by atomic mass is 35.5.